The zero-order valence-electron chi connectivity index (χ0n) is 14.1. The van der Waals surface area contributed by atoms with E-state index in [-0.39, 0.29) is 41.7 Å². The van der Waals surface area contributed by atoms with Gasteiger partial charge in [-0.3, -0.25) is 9.48 Å². The van der Waals surface area contributed by atoms with Crippen LogP contribution in [-0.4, -0.2) is 50.3 Å². The van der Waals surface area contributed by atoms with Gasteiger partial charge < -0.3 is 10.6 Å². The van der Waals surface area contributed by atoms with Crippen LogP contribution in [0.25, 0.3) is 0 Å². The fourth-order valence-corrected chi connectivity index (χ4v) is 4.73. The molecule has 0 radical (unpaired) electrons. The molecule has 11 heteroatoms. The van der Waals surface area contributed by atoms with E-state index in [1.807, 2.05) is 10.9 Å². The van der Waals surface area contributed by atoms with Crippen LogP contribution in [0.1, 0.15) is 29.4 Å². The third-order valence-electron chi connectivity index (χ3n) is 3.95. The third-order valence-corrected chi connectivity index (χ3v) is 6.81. The molecule has 1 aliphatic heterocycles. The average molecular weight is 420 g/mol. The third kappa shape index (κ3) is 5.27. The highest BCUT2D eigenvalue weighted by Gasteiger charge is 2.18. The Balaban J connectivity index is 0.00000243. The van der Waals surface area contributed by atoms with Gasteiger partial charge in [0.2, 0.25) is 10.0 Å². The number of aromatic nitrogens is 2. The van der Waals surface area contributed by atoms with Crippen LogP contribution in [0.3, 0.4) is 0 Å². The Morgan fingerprint density at radius 3 is 2.92 bits per heavy atom. The fourth-order valence-electron chi connectivity index (χ4n) is 2.66. The molecule has 0 bridgehead atoms. The number of hydrogen-bond acceptors (Lipinski definition) is 6. The molecule has 2 aromatic rings. The van der Waals surface area contributed by atoms with E-state index in [2.05, 4.69) is 20.5 Å². The fraction of sp³-hybridized carbons (Fsp3) is 0.467. The highest BCUT2D eigenvalue weighted by Crippen LogP contribution is 2.16. The number of nitrogens with one attached hydrogen (secondary N) is 3. The molecule has 144 valence electrons. The number of thiophene rings is 1. The normalized spacial score (nSPS) is 17.5. The predicted molar refractivity (Wildman–Crippen MR) is 102 cm³/mol. The Morgan fingerprint density at radius 1 is 1.38 bits per heavy atom. The van der Waals surface area contributed by atoms with E-state index in [4.69, 9.17) is 0 Å². The molecule has 1 saturated heterocycles. The van der Waals surface area contributed by atoms with E-state index in [0.29, 0.717) is 5.69 Å². The van der Waals surface area contributed by atoms with Gasteiger partial charge in [0, 0.05) is 25.8 Å². The lowest BCUT2D eigenvalue weighted by molar-refractivity contribution is 0.0948. The summed E-state index contributed by atoms with van der Waals surface area (Å²) in [5.74, 6) is -0.308. The average Bonchev–Trinajstić information content (AvgIpc) is 3.31. The van der Waals surface area contributed by atoms with Gasteiger partial charge in [0.05, 0.1) is 6.04 Å². The van der Waals surface area contributed by atoms with Crippen molar-refractivity contribution in [1.29, 1.82) is 0 Å². The van der Waals surface area contributed by atoms with Gasteiger partial charge in [0.15, 0.2) is 0 Å². The van der Waals surface area contributed by atoms with Gasteiger partial charge in [-0.25, -0.2) is 13.1 Å². The van der Waals surface area contributed by atoms with Crippen LogP contribution in [0.15, 0.2) is 34.0 Å². The van der Waals surface area contributed by atoms with Crippen molar-refractivity contribution in [2.75, 3.05) is 26.2 Å². The molecule has 3 rings (SSSR count). The maximum absolute atomic E-state index is 12.1. The van der Waals surface area contributed by atoms with Gasteiger partial charge in [0.25, 0.3) is 5.91 Å². The van der Waals surface area contributed by atoms with Crippen LogP contribution in [0.2, 0.25) is 0 Å². The van der Waals surface area contributed by atoms with Crippen LogP contribution >= 0.6 is 23.7 Å². The lowest BCUT2D eigenvalue weighted by atomic mass is 10.1. The molecule has 0 saturated carbocycles. The largest absolute Gasteiger partial charge is 0.349 e. The molecule has 0 aromatic carbocycles. The molecule has 1 atom stereocenters. The lowest BCUT2D eigenvalue weighted by Gasteiger charge is -2.22. The van der Waals surface area contributed by atoms with Gasteiger partial charge >= 0.3 is 0 Å². The monoisotopic (exact) mass is 419 g/mol. The summed E-state index contributed by atoms with van der Waals surface area (Å²) in [5, 5.41) is 12.0. The Morgan fingerprint density at radius 2 is 2.23 bits per heavy atom. The standard InChI is InChI=1S/C15H21N5O3S2.ClH/c21-15(13-5-9-20(19-13)12-3-1-6-16-11-12)17-7-8-18-25(22,23)14-4-2-10-24-14;/h2,4-5,9-10,12,16,18H,1,3,6-8,11H2,(H,17,21);1H. The zero-order chi connectivity index (χ0) is 17.7. The molecule has 3 N–H and O–H groups in total. The topological polar surface area (TPSA) is 105 Å². The Bertz CT molecular complexity index is 801. The van der Waals surface area contributed by atoms with E-state index < -0.39 is 10.0 Å². The second-order valence-electron chi connectivity index (χ2n) is 5.77. The van der Waals surface area contributed by atoms with E-state index in [1.165, 1.54) is 0 Å². The summed E-state index contributed by atoms with van der Waals surface area (Å²) < 4.78 is 28.4. The van der Waals surface area contributed by atoms with Gasteiger partial charge in [-0.15, -0.1) is 23.7 Å². The highest BCUT2D eigenvalue weighted by atomic mass is 35.5. The number of hydrogen-bond donors (Lipinski definition) is 3. The summed E-state index contributed by atoms with van der Waals surface area (Å²) >= 11 is 1.15. The van der Waals surface area contributed by atoms with Crippen molar-refractivity contribution in [3.05, 3.63) is 35.5 Å². The van der Waals surface area contributed by atoms with Crippen LogP contribution in [0.5, 0.6) is 0 Å². The smallest absolute Gasteiger partial charge is 0.271 e. The minimum Gasteiger partial charge on any atom is -0.349 e. The van der Waals surface area contributed by atoms with Crippen LogP contribution < -0.4 is 15.4 Å². The van der Waals surface area contributed by atoms with Crippen molar-refractivity contribution in [2.24, 2.45) is 0 Å². The quantitative estimate of drug-likeness (QED) is 0.580. The first-order chi connectivity index (χ1) is 12.1. The Kier molecular flexibility index (Phi) is 7.59. The van der Waals surface area contributed by atoms with Crippen molar-refractivity contribution in [3.8, 4) is 0 Å². The number of piperidine rings is 1. The molecule has 2 aromatic heterocycles. The maximum Gasteiger partial charge on any atom is 0.271 e. The van der Waals surface area contributed by atoms with Crippen molar-refractivity contribution < 1.29 is 13.2 Å². The number of halogens is 1. The molecule has 0 spiro atoms. The molecule has 0 aliphatic carbocycles. The summed E-state index contributed by atoms with van der Waals surface area (Å²) in [5.41, 5.74) is 0.340. The minimum absolute atomic E-state index is 0. The van der Waals surface area contributed by atoms with Gasteiger partial charge in [0.1, 0.15) is 9.90 Å². The highest BCUT2D eigenvalue weighted by molar-refractivity contribution is 7.91. The molecule has 1 fully saturated rings. The second kappa shape index (κ2) is 9.47. The van der Waals surface area contributed by atoms with Crippen LogP contribution in [0.4, 0.5) is 0 Å². The zero-order valence-corrected chi connectivity index (χ0v) is 16.5. The molecule has 8 nitrogen and oxygen atoms in total. The molecular formula is C15H22ClN5O3S2. The first kappa shape index (κ1) is 20.8. The first-order valence-corrected chi connectivity index (χ1v) is 10.5. The number of amides is 1. The van der Waals surface area contributed by atoms with Crippen LogP contribution in [-0.2, 0) is 10.0 Å². The Labute approximate surface area is 162 Å². The number of sulfonamides is 1. The van der Waals surface area contributed by atoms with Crippen LogP contribution in [0, 0.1) is 0 Å². The summed E-state index contributed by atoms with van der Waals surface area (Å²) in [6, 6.07) is 5.17. The van der Waals surface area contributed by atoms with E-state index in [9.17, 15) is 13.2 Å². The molecular weight excluding hydrogens is 398 g/mol. The molecule has 1 aliphatic rings. The number of rotatable bonds is 7. The molecule has 3 heterocycles. The van der Waals surface area contributed by atoms with E-state index >= 15 is 0 Å². The molecule has 26 heavy (non-hydrogen) atoms. The van der Waals surface area contributed by atoms with Crippen molar-refractivity contribution in [2.45, 2.75) is 23.1 Å². The summed E-state index contributed by atoms with van der Waals surface area (Å²) in [7, 11) is -3.50. The number of nitrogens with zero attached hydrogens (tertiary/aromatic N) is 2. The predicted octanol–water partition coefficient (Wildman–Crippen LogP) is 0.999. The molecule has 1 amide bonds. The summed E-state index contributed by atoms with van der Waals surface area (Å²) in [6.45, 7) is 2.19. The second-order valence-corrected chi connectivity index (χ2v) is 8.71. The summed E-state index contributed by atoms with van der Waals surface area (Å²) in [4.78, 5) is 12.1. The van der Waals surface area contributed by atoms with Gasteiger partial charge in [-0.2, -0.15) is 5.10 Å². The van der Waals surface area contributed by atoms with E-state index in [0.717, 1.165) is 37.3 Å². The van der Waals surface area contributed by atoms with Crippen molar-refractivity contribution in [3.63, 3.8) is 0 Å². The van der Waals surface area contributed by atoms with Crippen molar-refractivity contribution in [1.82, 2.24) is 25.1 Å². The Hall–Kier alpha value is -1.46. The minimum atomic E-state index is -3.50. The number of carbonyl (C=O) groups excluding carboxylic acids is 1. The van der Waals surface area contributed by atoms with Crippen molar-refractivity contribution >= 4 is 39.7 Å². The first-order valence-electron chi connectivity index (χ1n) is 8.13. The lowest BCUT2D eigenvalue weighted by Crippen LogP contribution is -2.35. The van der Waals surface area contributed by atoms with Gasteiger partial charge in [-0.1, -0.05) is 6.07 Å². The molecule has 1 unspecified atom stereocenters. The van der Waals surface area contributed by atoms with Gasteiger partial charge in [-0.05, 0) is 36.9 Å². The SMILES string of the molecule is Cl.O=C(NCCNS(=O)(=O)c1cccs1)c1ccn(C2CCCNC2)n1. The maximum atomic E-state index is 12.1. The van der Waals surface area contributed by atoms with E-state index in [1.54, 1.807) is 23.6 Å². The number of carbonyl (C=O) groups is 1. The summed E-state index contributed by atoms with van der Waals surface area (Å²) in [6.07, 6.45) is 3.95.